The van der Waals surface area contributed by atoms with Gasteiger partial charge in [0.1, 0.15) is 0 Å². The Morgan fingerprint density at radius 1 is 1.15 bits per heavy atom. The van der Waals surface area contributed by atoms with Crippen LogP contribution in [0.2, 0.25) is 0 Å². The molecule has 5 heteroatoms. The zero-order valence-electron chi connectivity index (χ0n) is 13.5. The lowest BCUT2D eigenvalue weighted by atomic mass is 9.74. The average Bonchev–Trinajstić information content (AvgIpc) is 2.57. The highest BCUT2D eigenvalue weighted by Gasteiger charge is 2.52. The molecule has 1 aromatic heterocycles. The molecule has 0 unspecified atom stereocenters. The molecular formula is C15H24BNO3. The first-order valence-corrected chi connectivity index (χ1v) is 7.08. The minimum atomic E-state index is -0.380. The normalized spacial score (nSPS) is 20.5. The van der Waals surface area contributed by atoms with Crippen LogP contribution in [0.4, 0.5) is 0 Å². The molecule has 0 aliphatic carbocycles. The smallest absolute Gasteiger partial charge is 0.481 e. The van der Waals surface area contributed by atoms with Crippen molar-refractivity contribution in [3.63, 3.8) is 0 Å². The van der Waals surface area contributed by atoms with Crippen molar-refractivity contribution in [3.05, 3.63) is 17.8 Å². The molecule has 1 aromatic rings. The Bertz CT molecular complexity index is 484. The summed E-state index contributed by atoms with van der Waals surface area (Å²) in [5.41, 5.74) is 1.36. The molecule has 20 heavy (non-hydrogen) atoms. The first-order chi connectivity index (χ1) is 9.19. The number of rotatable bonds is 3. The van der Waals surface area contributed by atoms with Crippen LogP contribution in [0.1, 0.15) is 53.0 Å². The maximum atomic E-state index is 6.13. The van der Waals surface area contributed by atoms with E-state index in [1.54, 1.807) is 13.3 Å². The van der Waals surface area contributed by atoms with Crippen molar-refractivity contribution < 1.29 is 14.0 Å². The molecule has 0 aromatic carbocycles. The number of methoxy groups -OCH3 is 1. The van der Waals surface area contributed by atoms with Gasteiger partial charge in [0.15, 0.2) is 0 Å². The van der Waals surface area contributed by atoms with Crippen LogP contribution in [0.25, 0.3) is 0 Å². The lowest BCUT2D eigenvalue weighted by Gasteiger charge is -2.32. The standard InChI is InChI=1S/C15H24BNO3/c1-10(2)12-11(8-9-17-13(12)18-7)16-19-14(3,4)15(5,6)20-16/h8-10H,1-7H3. The van der Waals surface area contributed by atoms with E-state index in [-0.39, 0.29) is 24.2 Å². The van der Waals surface area contributed by atoms with Gasteiger partial charge in [-0.15, -0.1) is 0 Å². The SMILES string of the molecule is COc1nccc(B2OC(C)(C)C(C)(C)O2)c1C(C)C. The summed E-state index contributed by atoms with van der Waals surface area (Å²) < 4.78 is 17.7. The Morgan fingerprint density at radius 3 is 2.15 bits per heavy atom. The van der Waals surface area contributed by atoms with Crippen LogP contribution in [-0.2, 0) is 9.31 Å². The first-order valence-electron chi connectivity index (χ1n) is 7.08. The summed E-state index contributed by atoms with van der Waals surface area (Å²) in [4.78, 5) is 4.29. The Hall–Kier alpha value is -1.07. The van der Waals surface area contributed by atoms with Crippen LogP contribution in [0, 0.1) is 0 Å². The number of ether oxygens (including phenoxy) is 1. The molecule has 0 spiro atoms. The molecule has 0 amide bonds. The summed E-state index contributed by atoms with van der Waals surface area (Å²) >= 11 is 0. The summed E-state index contributed by atoms with van der Waals surface area (Å²) in [6, 6.07) is 1.96. The van der Waals surface area contributed by atoms with Gasteiger partial charge in [0.2, 0.25) is 5.88 Å². The highest BCUT2D eigenvalue weighted by molar-refractivity contribution is 6.62. The van der Waals surface area contributed by atoms with Gasteiger partial charge in [0.05, 0.1) is 18.3 Å². The topological polar surface area (TPSA) is 40.6 Å². The van der Waals surface area contributed by atoms with Gasteiger partial charge in [0.25, 0.3) is 0 Å². The lowest BCUT2D eigenvalue weighted by Crippen LogP contribution is -2.41. The van der Waals surface area contributed by atoms with Gasteiger partial charge in [-0.3, -0.25) is 0 Å². The fraction of sp³-hybridized carbons (Fsp3) is 0.667. The predicted molar refractivity (Wildman–Crippen MR) is 80.6 cm³/mol. The Morgan fingerprint density at radius 2 is 1.70 bits per heavy atom. The van der Waals surface area contributed by atoms with Crippen molar-refractivity contribution in [2.75, 3.05) is 7.11 Å². The highest BCUT2D eigenvalue weighted by atomic mass is 16.7. The maximum Gasteiger partial charge on any atom is 0.495 e. The van der Waals surface area contributed by atoms with Gasteiger partial charge in [0, 0.05) is 11.8 Å². The fourth-order valence-electron chi connectivity index (χ4n) is 2.39. The van der Waals surface area contributed by atoms with Crippen molar-refractivity contribution in [2.45, 2.75) is 58.7 Å². The van der Waals surface area contributed by atoms with E-state index in [4.69, 9.17) is 14.0 Å². The number of pyridine rings is 1. The second-order valence-electron chi connectivity index (χ2n) is 6.57. The van der Waals surface area contributed by atoms with Crippen LogP contribution >= 0.6 is 0 Å². The van der Waals surface area contributed by atoms with E-state index in [0.29, 0.717) is 5.88 Å². The molecule has 1 aliphatic rings. The minimum Gasteiger partial charge on any atom is -0.481 e. The molecule has 110 valence electrons. The van der Waals surface area contributed by atoms with Crippen LogP contribution < -0.4 is 10.2 Å². The maximum absolute atomic E-state index is 6.13. The van der Waals surface area contributed by atoms with Crippen molar-refractivity contribution in [1.29, 1.82) is 0 Å². The third-order valence-electron chi connectivity index (χ3n) is 4.27. The molecule has 1 aliphatic heterocycles. The largest absolute Gasteiger partial charge is 0.495 e. The van der Waals surface area contributed by atoms with Crippen molar-refractivity contribution in [1.82, 2.24) is 4.98 Å². The number of hydrogen-bond acceptors (Lipinski definition) is 4. The van der Waals surface area contributed by atoms with Crippen molar-refractivity contribution >= 4 is 12.6 Å². The first kappa shape index (κ1) is 15.3. The van der Waals surface area contributed by atoms with Crippen LogP contribution in [0.3, 0.4) is 0 Å². The van der Waals surface area contributed by atoms with Gasteiger partial charge in [-0.1, -0.05) is 13.8 Å². The minimum absolute atomic E-state index is 0.285. The number of aromatic nitrogens is 1. The Labute approximate surface area is 122 Å². The molecular weight excluding hydrogens is 253 g/mol. The van der Waals surface area contributed by atoms with Gasteiger partial charge in [-0.2, -0.15) is 0 Å². The zero-order valence-corrected chi connectivity index (χ0v) is 13.5. The van der Waals surface area contributed by atoms with Crippen LogP contribution in [0.15, 0.2) is 12.3 Å². The molecule has 0 bridgehead atoms. The number of hydrogen-bond donors (Lipinski definition) is 0. The summed E-state index contributed by atoms with van der Waals surface area (Å²) in [7, 11) is 1.26. The molecule has 1 saturated heterocycles. The molecule has 4 nitrogen and oxygen atoms in total. The van der Waals surface area contributed by atoms with Gasteiger partial charge < -0.3 is 14.0 Å². The van der Waals surface area contributed by atoms with E-state index in [9.17, 15) is 0 Å². The van der Waals surface area contributed by atoms with Gasteiger partial charge >= 0.3 is 7.12 Å². The van der Waals surface area contributed by atoms with Gasteiger partial charge in [-0.05, 0) is 45.1 Å². The van der Waals surface area contributed by atoms with E-state index in [0.717, 1.165) is 11.0 Å². The molecule has 2 heterocycles. The van der Waals surface area contributed by atoms with E-state index in [1.807, 2.05) is 6.07 Å². The predicted octanol–water partition coefficient (Wildman–Crippen LogP) is 2.51. The monoisotopic (exact) mass is 277 g/mol. The van der Waals surface area contributed by atoms with Crippen LogP contribution in [0.5, 0.6) is 5.88 Å². The second-order valence-corrected chi connectivity index (χ2v) is 6.57. The molecule has 0 atom stereocenters. The zero-order chi connectivity index (χ0) is 15.1. The Kier molecular flexibility index (Phi) is 3.86. The second kappa shape index (κ2) is 5.04. The molecule has 0 radical (unpaired) electrons. The van der Waals surface area contributed by atoms with E-state index < -0.39 is 0 Å². The quantitative estimate of drug-likeness (QED) is 0.796. The van der Waals surface area contributed by atoms with E-state index in [2.05, 4.69) is 46.5 Å². The number of nitrogens with zero attached hydrogens (tertiary/aromatic N) is 1. The highest BCUT2D eigenvalue weighted by Crippen LogP contribution is 2.37. The third kappa shape index (κ3) is 2.45. The molecule has 1 fully saturated rings. The summed E-state index contributed by atoms with van der Waals surface area (Å²) in [6.07, 6.45) is 1.74. The molecule has 0 N–H and O–H groups in total. The third-order valence-corrected chi connectivity index (χ3v) is 4.27. The van der Waals surface area contributed by atoms with Gasteiger partial charge in [-0.25, -0.2) is 4.98 Å². The Balaban J connectivity index is 2.45. The summed E-state index contributed by atoms with van der Waals surface area (Å²) in [5.74, 6) is 0.930. The summed E-state index contributed by atoms with van der Waals surface area (Å²) in [5, 5.41) is 0. The van der Waals surface area contributed by atoms with Crippen LogP contribution in [-0.4, -0.2) is 30.4 Å². The average molecular weight is 277 g/mol. The molecule has 0 saturated carbocycles. The summed E-state index contributed by atoms with van der Waals surface area (Å²) in [6.45, 7) is 12.5. The fourth-order valence-corrected chi connectivity index (χ4v) is 2.39. The van der Waals surface area contributed by atoms with Crippen molar-refractivity contribution in [2.24, 2.45) is 0 Å². The van der Waals surface area contributed by atoms with E-state index in [1.165, 1.54) is 0 Å². The van der Waals surface area contributed by atoms with Crippen molar-refractivity contribution in [3.8, 4) is 5.88 Å². The molecule has 2 rings (SSSR count). The lowest BCUT2D eigenvalue weighted by molar-refractivity contribution is 0.00578. The van der Waals surface area contributed by atoms with E-state index >= 15 is 0 Å².